The van der Waals surface area contributed by atoms with Crippen LogP contribution in [0.3, 0.4) is 0 Å². The van der Waals surface area contributed by atoms with Crippen molar-refractivity contribution < 1.29 is 9.18 Å². The summed E-state index contributed by atoms with van der Waals surface area (Å²) >= 11 is 1.36. The van der Waals surface area contributed by atoms with Gasteiger partial charge in [-0.1, -0.05) is 36.0 Å². The predicted molar refractivity (Wildman–Crippen MR) is 94.6 cm³/mol. The first-order chi connectivity index (χ1) is 11.5. The van der Waals surface area contributed by atoms with Crippen molar-refractivity contribution in [1.29, 1.82) is 0 Å². The average Bonchev–Trinajstić information content (AvgIpc) is 2.54. The minimum absolute atomic E-state index is 0.203. The molecule has 3 rings (SSSR count). The zero-order valence-electron chi connectivity index (χ0n) is 13.3. The normalized spacial score (nSPS) is 12.1. The molecule has 1 aromatic heterocycles. The third-order valence-corrected chi connectivity index (χ3v) is 4.53. The number of anilines is 1. The highest BCUT2D eigenvalue weighted by Crippen LogP contribution is 2.29. The van der Waals surface area contributed by atoms with Gasteiger partial charge in [-0.2, -0.15) is 0 Å². The van der Waals surface area contributed by atoms with E-state index in [1.807, 2.05) is 31.2 Å². The number of amides is 1. The van der Waals surface area contributed by atoms with Crippen LogP contribution in [0.5, 0.6) is 0 Å². The van der Waals surface area contributed by atoms with Crippen LogP contribution in [-0.4, -0.2) is 21.1 Å². The van der Waals surface area contributed by atoms with E-state index in [1.54, 1.807) is 19.1 Å². The summed E-state index contributed by atoms with van der Waals surface area (Å²) in [7, 11) is 0. The monoisotopic (exact) mass is 341 g/mol. The quantitative estimate of drug-likeness (QED) is 0.571. The second-order valence-corrected chi connectivity index (χ2v) is 6.68. The van der Waals surface area contributed by atoms with E-state index in [4.69, 9.17) is 0 Å². The molecule has 0 fully saturated rings. The van der Waals surface area contributed by atoms with Gasteiger partial charge in [0, 0.05) is 11.1 Å². The number of benzene rings is 2. The van der Waals surface area contributed by atoms with Crippen molar-refractivity contribution in [3.05, 3.63) is 60.2 Å². The number of thioether (sulfide) groups is 1. The van der Waals surface area contributed by atoms with E-state index < -0.39 is 0 Å². The molecule has 6 heteroatoms. The summed E-state index contributed by atoms with van der Waals surface area (Å²) in [5.74, 6) is 0.0745. The Morgan fingerprint density at radius 2 is 1.96 bits per heavy atom. The molecule has 0 spiro atoms. The number of nitrogens with one attached hydrogen (secondary N) is 1. The molecule has 122 valence electrons. The Balaban J connectivity index is 1.79. The molecule has 0 aliphatic heterocycles. The van der Waals surface area contributed by atoms with E-state index in [0.29, 0.717) is 11.5 Å². The van der Waals surface area contributed by atoms with Crippen LogP contribution in [0.15, 0.2) is 53.6 Å². The molecule has 24 heavy (non-hydrogen) atoms. The van der Waals surface area contributed by atoms with E-state index in [-0.39, 0.29) is 17.0 Å². The minimum atomic E-state index is -0.384. The van der Waals surface area contributed by atoms with Crippen LogP contribution < -0.4 is 5.32 Å². The smallest absolute Gasteiger partial charge is 0.237 e. The fourth-order valence-corrected chi connectivity index (χ4v) is 3.26. The van der Waals surface area contributed by atoms with Gasteiger partial charge < -0.3 is 5.32 Å². The Kier molecular flexibility index (Phi) is 4.76. The molecule has 3 aromatic rings. The maximum Gasteiger partial charge on any atom is 0.237 e. The number of aryl methyl sites for hydroxylation is 1. The number of hydrogen-bond donors (Lipinski definition) is 1. The van der Waals surface area contributed by atoms with Gasteiger partial charge in [0.1, 0.15) is 16.7 Å². The van der Waals surface area contributed by atoms with Crippen molar-refractivity contribution in [3.8, 4) is 0 Å². The highest BCUT2D eigenvalue weighted by molar-refractivity contribution is 8.00. The Bertz CT molecular complexity index is 900. The summed E-state index contributed by atoms with van der Waals surface area (Å²) in [5, 5.41) is 4.02. The van der Waals surface area contributed by atoms with Crippen molar-refractivity contribution in [2.45, 2.75) is 24.1 Å². The van der Waals surface area contributed by atoms with Gasteiger partial charge >= 0.3 is 0 Å². The number of fused-ring (bicyclic) bond motifs is 1. The lowest BCUT2D eigenvalue weighted by Gasteiger charge is -2.13. The topological polar surface area (TPSA) is 54.9 Å². The number of rotatable bonds is 4. The number of halogens is 1. The summed E-state index contributed by atoms with van der Waals surface area (Å²) in [6, 6.07) is 13.5. The number of carbonyl (C=O) groups excluding carboxylic acids is 1. The third-order valence-electron chi connectivity index (χ3n) is 3.43. The molecular weight excluding hydrogens is 325 g/mol. The van der Waals surface area contributed by atoms with E-state index in [1.165, 1.54) is 23.9 Å². The Hall–Kier alpha value is -2.47. The second-order valence-electron chi connectivity index (χ2n) is 5.35. The number of hydrogen-bond acceptors (Lipinski definition) is 4. The molecule has 0 saturated carbocycles. The lowest BCUT2D eigenvalue weighted by atomic mass is 10.2. The zero-order valence-corrected chi connectivity index (χ0v) is 14.1. The molecule has 4 nitrogen and oxygen atoms in total. The van der Waals surface area contributed by atoms with Crippen molar-refractivity contribution >= 4 is 34.3 Å². The summed E-state index contributed by atoms with van der Waals surface area (Å²) in [5.41, 5.74) is 1.29. The highest BCUT2D eigenvalue weighted by Gasteiger charge is 2.17. The molecule has 0 bridgehead atoms. The first-order valence-electron chi connectivity index (χ1n) is 7.49. The molecule has 0 unspecified atom stereocenters. The van der Waals surface area contributed by atoms with Gasteiger partial charge in [-0.05, 0) is 38.1 Å². The lowest BCUT2D eigenvalue weighted by molar-refractivity contribution is -0.115. The molecule has 0 aliphatic rings. The largest absolute Gasteiger partial charge is 0.325 e. The Morgan fingerprint density at radius 3 is 2.75 bits per heavy atom. The van der Waals surface area contributed by atoms with Crippen molar-refractivity contribution in [1.82, 2.24) is 9.97 Å². The molecule has 1 N–H and O–H groups in total. The number of para-hydroxylation sites is 1. The van der Waals surface area contributed by atoms with Gasteiger partial charge in [0.05, 0.1) is 10.8 Å². The summed E-state index contributed by atoms with van der Waals surface area (Å²) in [6.07, 6.45) is 0. The van der Waals surface area contributed by atoms with Crippen LogP contribution in [0.25, 0.3) is 10.9 Å². The Labute approximate surface area is 143 Å². The van der Waals surface area contributed by atoms with Gasteiger partial charge in [-0.15, -0.1) is 0 Å². The lowest BCUT2D eigenvalue weighted by Crippen LogP contribution is -2.22. The molecule has 0 radical (unpaired) electrons. The minimum Gasteiger partial charge on any atom is -0.325 e. The van der Waals surface area contributed by atoms with Gasteiger partial charge in [-0.25, -0.2) is 14.4 Å². The maximum atomic E-state index is 13.2. The van der Waals surface area contributed by atoms with Crippen LogP contribution in [0.2, 0.25) is 0 Å². The first kappa shape index (κ1) is 16.4. The summed E-state index contributed by atoms with van der Waals surface area (Å²) in [6.45, 7) is 3.62. The zero-order chi connectivity index (χ0) is 17.1. The molecule has 2 aromatic carbocycles. The standard InChI is InChI=1S/C18H16FN3OS/c1-11(17(23)22-14-7-5-6-13(19)10-14)24-18-15-8-3-4-9-16(15)20-12(2)21-18/h3-11H,1-2H3,(H,22,23)/t11-/m1/s1. The molecule has 0 saturated heterocycles. The van der Waals surface area contributed by atoms with Crippen LogP contribution in [0.1, 0.15) is 12.7 Å². The number of carbonyl (C=O) groups is 1. The third kappa shape index (κ3) is 3.71. The Morgan fingerprint density at radius 1 is 1.17 bits per heavy atom. The van der Waals surface area contributed by atoms with Gasteiger partial charge in [0.25, 0.3) is 0 Å². The van der Waals surface area contributed by atoms with E-state index in [0.717, 1.165) is 15.9 Å². The van der Waals surface area contributed by atoms with Crippen LogP contribution in [0, 0.1) is 12.7 Å². The highest BCUT2D eigenvalue weighted by atomic mass is 32.2. The van der Waals surface area contributed by atoms with E-state index in [9.17, 15) is 9.18 Å². The molecule has 0 aliphatic carbocycles. The summed E-state index contributed by atoms with van der Waals surface area (Å²) in [4.78, 5) is 21.2. The van der Waals surface area contributed by atoms with Crippen molar-refractivity contribution in [2.75, 3.05) is 5.32 Å². The maximum absolute atomic E-state index is 13.2. The van der Waals surface area contributed by atoms with Crippen molar-refractivity contribution in [2.24, 2.45) is 0 Å². The fraction of sp³-hybridized carbons (Fsp3) is 0.167. The van der Waals surface area contributed by atoms with E-state index in [2.05, 4.69) is 15.3 Å². The predicted octanol–water partition coefficient (Wildman–Crippen LogP) is 4.20. The van der Waals surface area contributed by atoms with Crippen molar-refractivity contribution in [3.63, 3.8) is 0 Å². The number of nitrogens with zero attached hydrogens (tertiary/aromatic N) is 2. The van der Waals surface area contributed by atoms with Crippen LogP contribution >= 0.6 is 11.8 Å². The van der Waals surface area contributed by atoms with Gasteiger partial charge in [0.2, 0.25) is 5.91 Å². The SMILES string of the molecule is Cc1nc(S[C@H](C)C(=O)Nc2cccc(F)c2)c2ccccc2n1. The molecule has 1 heterocycles. The molecule has 1 amide bonds. The second kappa shape index (κ2) is 6.97. The van der Waals surface area contributed by atoms with Crippen LogP contribution in [0.4, 0.5) is 10.1 Å². The summed E-state index contributed by atoms with van der Waals surface area (Å²) < 4.78 is 13.2. The first-order valence-corrected chi connectivity index (χ1v) is 8.37. The molecular formula is C18H16FN3OS. The molecule has 1 atom stereocenters. The average molecular weight is 341 g/mol. The number of aromatic nitrogens is 2. The van der Waals surface area contributed by atoms with Gasteiger partial charge in [-0.3, -0.25) is 4.79 Å². The van der Waals surface area contributed by atoms with Gasteiger partial charge in [0.15, 0.2) is 0 Å². The van der Waals surface area contributed by atoms with Crippen LogP contribution in [-0.2, 0) is 4.79 Å². The van der Waals surface area contributed by atoms with E-state index >= 15 is 0 Å². The fourth-order valence-electron chi connectivity index (χ4n) is 2.28.